The zero-order valence-electron chi connectivity index (χ0n) is 10.4. The first-order valence-corrected chi connectivity index (χ1v) is 5.82. The summed E-state index contributed by atoms with van der Waals surface area (Å²) in [5.74, 6) is 1.04. The summed E-state index contributed by atoms with van der Waals surface area (Å²) in [7, 11) is 0. The van der Waals surface area contributed by atoms with Crippen molar-refractivity contribution < 1.29 is 9.15 Å². The van der Waals surface area contributed by atoms with Gasteiger partial charge in [0, 0.05) is 18.2 Å². The fraction of sp³-hybridized carbons (Fsp3) is 0.286. The van der Waals surface area contributed by atoms with Gasteiger partial charge in [0.15, 0.2) is 0 Å². The molecule has 1 aromatic rings. The minimum absolute atomic E-state index is 0.344. The van der Waals surface area contributed by atoms with E-state index in [9.17, 15) is 4.79 Å². The maximum absolute atomic E-state index is 11.5. The minimum atomic E-state index is -0.344. The highest BCUT2D eigenvalue weighted by Gasteiger charge is 2.23. The molecule has 4 heteroatoms. The van der Waals surface area contributed by atoms with Crippen molar-refractivity contribution in [2.45, 2.75) is 19.8 Å². The highest BCUT2D eigenvalue weighted by atomic mass is 16.5. The molecule has 2 rings (SSSR count). The first-order chi connectivity index (χ1) is 8.65. The van der Waals surface area contributed by atoms with E-state index in [0.717, 1.165) is 17.5 Å². The molecule has 1 aliphatic heterocycles. The van der Waals surface area contributed by atoms with Gasteiger partial charge in [-0.3, -0.25) is 0 Å². The number of aliphatic imine (C=N–C) groups is 1. The van der Waals surface area contributed by atoms with Crippen molar-refractivity contribution in [3.63, 3.8) is 0 Å². The number of hydrogen-bond donors (Lipinski definition) is 0. The normalized spacial score (nSPS) is 13.8. The molecule has 4 nitrogen and oxygen atoms in total. The van der Waals surface area contributed by atoms with E-state index in [2.05, 4.69) is 18.2 Å². The smallest absolute Gasteiger partial charge is 0.336 e. The number of nitrogens with zero attached hydrogens (tertiary/aromatic N) is 1. The van der Waals surface area contributed by atoms with Crippen LogP contribution in [0.25, 0.3) is 0 Å². The molecule has 1 aliphatic rings. The van der Waals surface area contributed by atoms with Gasteiger partial charge in [0.2, 0.25) is 5.90 Å². The molecule has 94 valence electrons. The highest BCUT2D eigenvalue weighted by Crippen LogP contribution is 2.24. The molecule has 0 radical (unpaired) electrons. The fourth-order valence-corrected chi connectivity index (χ4v) is 1.92. The molecule has 0 atom stereocenters. The third kappa shape index (κ3) is 2.27. The number of rotatable bonds is 3. The zero-order valence-corrected chi connectivity index (χ0v) is 10.4. The van der Waals surface area contributed by atoms with Gasteiger partial charge in [0.05, 0.1) is 5.56 Å². The highest BCUT2D eigenvalue weighted by molar-refractivity contribution is 5.98. The average molecular weight is 245 g/mol. The standard InChI is InChI=1S/C14H15NO3/c1-4-6-17-14-13-10(5-2)8-12(16)18-11(13)7-9(3)15-14/h4,8H,1,3,5-7H2,2H3. The Bertz CT molecular complexity index is 581. The van der Waals surface area contributed by atoms with Crippen LogP contribution in [-0.2, 0) is 17.6 Å². The lowest BCUT2D eigenvalue weighted by Crippen LogP contribution is -2.20. The quantitative estimate of drug-likeness (QED) is 0.767. The van der Waals surface area contributed by atoms with Crippen molar-refractivity contribution in [3.05, 3.63) is 58.3 Å². The molecule has 1 aromatic heterocycles. The van der Waals surface area contributed by atoms with Crippen LogP contribution >= 0.6 is 0 Å². The molecular formula is C14H15NO3. The number of hydrogen-bond acceptors (Lipinski definition) is 4. The number of ether oxygens (including phenoxy) is 1. The van der Waals surface area contributed by atoms with Crippen molar-refractivity contribution in [1.82, 2.24) is 0 Å². The van der Waals surface area contributed by atoms with Gasteiger partial charge in [-0.2, -0.15) is 0 Å². The first-order valence-electron chi connectivity index (χ1n) is 5.82. The van der Waals surface area contributed by atoms with Crippen molar-refractivity contribution in [2.24, 2.45) is 4.99 Å². The number of fused-ring (bicyclic) bond motifs is 1. The van der Waals surface area contributed by atoms with Gasteiger partial charge < -0.3 is 9.15 Å². The molecule has 0 aliphatic carbocycles. The predicted octanol–water partition coefficient (Wildman–Crippen LogP) is 2.22. The van der Waals surface area contributed by atoms with E-state index in [1.54, 1.807) is 6.08 Å². The molecular weight excluding hydrogens is 230 g/mol. The Kier molecular flexibility index (Phi) is 3.46. The van der Waals surface area contributed by atoms with Gasteiger partial charge in [-0.15, -0.1) is 0 Å². The summed E-state index contributed by atoms with van der Waals surface area (Å²) < 4.78 is 10.7. The molecule has 18 heavy (non-hydrogen) atoms. The van der Waals surface area contributed by atoms with Gasteiger partial charge in [0.25, 0.3) is 0 Å². The van der Waals surface area contributed by atoms with Crippen LogP contribution in [0.5, 0.6) is 0 Å². The molecule has 0 aromatic carbocycles. The largest absolute Gasteiger partial charge is 0.473 e. The van der Waals surface area contributed by atoms with Crippen LogP contribution in [0, 0.1) is 0 Å². The third-order valence-electron chi connectivity index (χ3n) is 2.67. The molecule has 0 amide bonds. The summed E-state index contributed by atoms with van der Waals surface area (Å²) in [6.45, 7) is 9.73. The summed E-state index contributed by atoms with van der Waals surface area (Å²) >= 11 is 0. The average Bonchev–Trinajstić information content (AvgIpc) is 2.34. The SMILES string of the molecule is C=CCOC1=NC(=C)Cc2oc(=O)cc(CC)c21. The van der Waals surface area contributed by atoms with E-state index in [1.807, 2.05) is 6.92 Å². The Morgan fingerprint density at radius 2 is 2.39 bits per heavy atom. The lowest BCUT2D eigenvalue weighted by atomic mass is 10.0. The maximum atomic E-state index is 11.5. The van der Waals surface area contributed by atoms with Crippen LogP contribution < -0.4 is 5.63 Å². The van der Waals surface area contributed by atoms with Gasteiger partial charge in [-0.1, -0.05) is 26.2 Å². The topological polar surface area (TPSA) is 51.8 Å². The Hall–Kier alpha value is -2.10. The maximum Gasteiger partial charge on any atom is 0.336 e. The van der Waals surface area contributed by atoms with Crippen molar-refractivity contribution >= 4 is 5.90 Å². The Balaban J connectivity index is 2.55. The molecule has 0 spiro atoms. The van der Waals surface area contributed by atoms with Crippen LogP contribution in [0.3, 0.4) is 0 Å². The van der Waals surface area contributed by atoms with Crippen LogP contribution in [0.4, 0.5) is 0 Å². The first kappa shape index (κ1) is 12.4. The second-order valence-corrected chi connectivity index (χ2v) is 4.00. The van der Waals surface area contributed by atoms with Crippen LogP contribution in [0.2, 0.25) is 0 Å². The molecule has 0 saturated heterocycles. The van der Waals surface area contributed by atoms with E-state index in [4.69, 9.17) is 9.15 Å². The Morgan fingerprint density at radius 1 is 1.61 bits per heavy atom. The van der Waals surface area contributed by atoms with Gasteiger partial charge >= 0.3 is 5.63 Å². The zero-order chi connectivity index (χ0) is 13.1. The third-order valence-corrected chi connectivity index (χ3v) is 2.67. The van der Waals surface area contributed by atoms with Crippen LogP contribution in [0.1, 0.15) is 23.8 Å². The fourth-order valence-electron chi connectivity index (χ4n) is 1.92. The monoisotopic (exact) mass is 245 g/mol. The second-order valence-electron chi connectivity index (χ2n) is 4.00. The van der Waals surface area contributed by atoms with Crippen LogP contribution in [0.15, 0.2) is 45.2 Å². The second kappa shape index (κ2) is 5.04. The summed E-state index contributed by atoms with van der Waals surface area (Å²) in [5.41, 5.74) is 1.95. The summed E-state index contributed by atoms with van der Waals surface area (Å²) in [5, 5.41) is 0. The van der Waals surface area contributed by atoms with E-state index < -0.39 is 0 Å². The molecule has 0 fully saturated rings. The van der Waals surface area contributed by atoms with Crippen molar-refractivity contribution in [1.29, 1.82) is 0 Å². The minimum Gasteiger partial charge on any atom is -0.473 e. The molecule has 0 unspecified atom stereocenters. The Labute approximate surface area is 105 Å². The van der Waals surface area contributed by atoms with Crippen molar-refractivity contribution in [2.75, 3.05) is 6.61 Å². The number of aryl methyl sites for hydroxylation is 1. The van der Waals surface area contributed by atoms with Crippen LogP contribution in [-0.4, -0.2) is 12.5 Å². The summed E-state index contributed by atoms with van der Waals surface area (Å²) in [4.78, 5) is 15.7. The van der Waals surface area contributed by atoms with E-state index in [1.165, 1.54) is 6.07 Å². The Morgan fingerprint density at radius 3 is 3.06 bits per heavy atom. The van der Waals surface area contributed by atoms with Gasteiger partial charge in [0.1, 0.15) is 12.4 Å². The molecule has 0 N–H and O–H groups in total. The number of allylic oxidation sites excluding steroid dienone is 1. The van der Waals surface area contributed by atoms with Gasteiger partial charge in [-0.25, -0.2) is 9.79 Å². The lowest BCUT2D eigenvalue weighted by Gasteiger charge is -2.18. The molecule has 0 bridgehead atoms. The summed E-state index contributed by atoms with van der Waals surface area (Å²) in [6.07, 6.45) is 2.81. The van der Waals surface area contributed by atoms with Crippen molar-refractivity contribution in [3.8, 4) is 0 Å². The lowest BCUT2D eigenvalue weighted by molar-refractivity contribution is 0.345. The molecule has 2 heterocycles. The van der Waals surface area contributed by atoms with E-state index in [-0.39, 0.29) is 5.63 Å². The predicted molar refractivity (Wildman–Crippen MR) is 69.9 cm³/mol. The molecule has 0 saturated carbocycles. The van der Waals surface area contributed by atoms with E-state index in [0.29, 0.717) is 30.4 Å². The van der Waals surface area contributed by atoms with E-state index >= 15 is 0 Å². The summed E-state index contributed by atoms with van der Waals surface area (Å²) in [6, 6.07) is 1.49. The van der Waals surface area contributed by atoms with Gasteiger partial charge in [-0.05, 0) is 12.0 Å².